The third-order valence-corrected chi connectivity index (χ3v) is 11.1. The van der Waals surface area contributed by atoms with Crippen molar-refractivity contribution in [2.24, 2.45) is 0 Å². The molecule has 6 heteroatoms. The van der Waals surface area contributed by atoms with Gasteiger partial charge in [0.2, 0.25) is 0 Å². The van der Waals surface area contributed by atoms with Gasteiger partial charge in [-0.1, -0.05) is 221 Å². The molecule has 0 amide bonds. The largest absolute Gasteiger partial charge is 0.462 e. The second-order valence-electron chi connectivity index (χ2n) is 17.4. The molecule has 0 aliphatic rings. The first kappa shape index (κ1) is 60.6. The number of carbonyl (C=O) groups excluding carboxylic acids is 3. The summed E-state index contributed by atoms with van der Waals surface area (Å²) < 4.78 is 16.8. The minimum atomic E-state index is -0.783. The van der Waals surface area contributed by atoms with E-state index in [0.29, 0.717) is 19.3 Å². The summed E-state index contributed by atoms with van der Waals surface area (Å²) in [7, 11) is 0. The van der Waals surface area contributed by atoms with Crippen molar-refractivity contribution in [2.75, 3.05) is 13.2 Å². The molecule has 64 heavy (non-hydrogen) atoms. The van der Waals surface area contributed by atoms with Crippen molar-refractivity contribution in [3.8, 4) is 0 Å². The fourth-order valence-electron chi connectivity index (χ4n) is 7.21. The maximum atomic E-state index is 12.8. The van der Waals surface area contributed by atoms with Gasteiger partial charge < -0.3 is 14.2 Å². The lowest BCUT2D eigenvalue weighted by Crippen LogP contribution is -2.30. The van der Waals surface area contributed by atoms with Crippen molar-refractivity contribution in [1.29, 1.82) is 0 Å². The number of allylic oxidation sites excluding steroid dienone is 14. The number of esters is 3. The van der Waals surface area contributed by atoms with Gasteiger partial charge in [-0.05, 0) is 89.9 Å². The molecule has 0 rings (SSSR count). The predicted molar refractivity (Wildman–Crippen MR) is 274 cm³/mol. The van der Waals surface area contributed by atoms with E-state index < -0.39 is 6.10 Å². The van der Waals surface area contributed by atoms with E-state index in [-0.39, 0.29) is 31.1 Å². The van der Waals surface area contributed by atoms with Crippen LogP contribution in [0, 0.1) is 0 Å². The van der Waals surface area contributed by atoms with Crippen LogP contribution in [0.4, 0.5) is 0 Å². The number of unbranched alkanes of at least 4 members (excludes halogenated alkanes) is 22. The summed E-state index contributed by atoms with van der Waals surface area (Å²) in [5.41, 5.74) is 0. The maximum absolute atomic E-state index is 12.8. The minimum absolute atomic E-state index is 0.0825. The zero-order valence-electron chi connectivity index (χ0n) is 41.8. The van der Waals surface area contributed by atoms with E-state index in [4.69, 9.17) is 14.2 Å². The Bertz CT molecular complexity index is 1250. The Kier molecular flexibility index (Phi) is 49.4. The third kappa shape index (κ3) is 49.6. The zero-order valence-corrected chi connectivity index (χ0v) is 41.8. The highest BCUT2D eigenvalue weighted by Gasteiger charge is 2.19. The number of hydrogen-bond donors (Lipinski definition) is 0. The second-order valence-corrected chi connectivity index (χ2v) is 17.4. The molecule has 0 heterocycles. The van der Waals surface area contributed by atoms with Crippen molar-refractivity contribution in [2.45, 2.75) is 252 Å². The van der Waals surface area contributed by atoms with Crippen molar-refractivity contribution in [3.05, 3.63) is 85.1 Å². The van der Waals surface area contributed by atoms with Gasteiger partial charge in [-0.3, -0.25) is 14.4 Å². The average Bonchev–Trinajstić information content (AvgIpc) is 3.29. The Balaban J connectivity index is 4.30. The molecule has 366 valence electrons. The monoisotopic (exact) mass is 891 g/mol. The van der Waals surface area contributed by atoms with Gasteiger partial charge in [0.1, 0.15) is 13.2 Å². The lowest BCUT2D eigenvalue weighted by Gasteiger charge is -2.18. The molecule has 0 N–H and O–H groups in total. The lowest BCUT2D eigenvalue weighted by atomic mass is 10.1. The van der Waals surface area contributed by atoms with E-state index in [1.165, 1.54) is 89.9 Å². The molecular weight excluding hydrogens is 793 g/mol. The minimum Gasteiger partial charge on any atom is -0.462 e. The summed E-state index contributed by atoms with van der Waals surface area (Å²) in [4.78, 5) is 37.9. The van der Waals surface area contributed by atoms with Crippen LogP contribution in [0.15, 0.2) is 85.1 Å². The molecule has 0 bridgehead atoms. The summed E-state index contributed by atoms with van der Waals surface area (Å²) in [6.07, 6.45) is 67.2. The van der Waals surface area contributed by atoms with Crippen molar-refractivity contribution in [3.63, 3.8) is 0 Å². The van der Waals surface area contributed by atoms with Gasteiger partial charge in [-0.2, -0.15) is 0 Å². The first-order chi connectivity index (χ1) is 31.5. The van der Waals surface area contributed by atoms with E-state index in [9.17, 15) is 14.4 Å². The van der Waals surface area contributed by atoms with Gasteiger partial charge in [0.15, 0.2) is 6.10 Å². The molecule has 0 saturated heterocycles. The summed E-state index contributed by atoms with van der Waals surface area (Å²) in [5, 5.41) is 0. The van der Waals surface area contributed by atoms with Crippen LogP contribution in [-0.2, 0) is 28.6 Å². The second kappa shape index (κ2) is 52.2. The molecule has 1 atom stereocenters. The first-order valence-corrected chi connectivity index (χ1v) is 26.6. The van der Waals surface area contributed by atoms with Gasteiger partial charge >= 0.3 is 17.9 Å². The van der Waals surface area contributed by atoms with Crippen molar-refractivity contribution in [1.82, 2.24) is 0 Å². The Labute approximate surface area is 395 Å². The average molecular weight is 891 g/mol. The zero-order chi connectivity index (χ0) is 46.5. The molecule has 0 aromatic carbocycles. The van der Waals surface area contributed by atoms with Crippen LogP contribution in [0.3, 0.4) is 0 Å². The molecule has 0 fully saturated rings. The number of rotatable bonds is 47. The highest BCUT2D eigenvalue weighted by atomic mass is 16.6. The summed E-state index contributed by atoms with van der Waals surface area (Å²) in [5.74, 6) is -0.904. The van der Waals surface area contributed by atoms with Gasteiger partial charge in [-0.15, -0.1) is 0 Å². The molecule has 0 aromatic heterocycles. The lowest BCUT2D eigenvalue weighted by molar-refractivity contribution is -0.167. The van der Waals surface area contributed by atoms with Gasteiger partial charge in [0.25, 0.3) is 0 Å². The van der Waals surface area contributed by atoms with E-state index >= 15 is 0 Å². The van der Waals surface area contributed by atoms with Crippen molar-refractivity contribution < 1.29 is 28.6 Å². The van der Waals surface area contributed by atoms with Crippen molar-refractivity contribution >= 4 is 17.9 Å². The van der Waals surface area contributed by atoms with Crippen LogP contribution in [0.5, 0.6) is 0 Å². The van der Waals surface area contributed by atoms with Gasteiger partial charge in [-0.25, -0.2) is 0 Å². The van der Waals surface area contributed by atoms with E-state index in [0.717, 1.165) is 116 Å². The molecule has 0 radical (unpaired) electrons. The Morgan fingerprint density at radius 3 is 0.953 bits per heavy atom. The number of hydrogen-bond acceptors (Lipinski definition) is 6. The Morgan fingerprint density at radius 2 is 0.609 bits per heavy atom. The smallest absolute Gasteiger partial charge is 0.306 e. The van der Waals surface area contributed by atoms with Crippen LogP contribution >= 0.6 is 0 Å². The normalized spacial score (nSPS) is 12.7. The number of ether oxygens (including phenoxy) is 3. The highest BCUT2D eigenvalue weighted by Crippen LogP contribution is 2.15. The Hall–Kier alpha value is -3.41. The van der Waals surface area contributed by atoms with Gasteiger partial charge in [0.05, 0.1) is 0 Å². The van der Waals surface area contributed by atoms with Crippen LogP contribution in [-0.4, -0.2) is 37.2 Å². The summed E-state index contributed by atoms with van der Waals surface area (Å²) in [6, 6.07) is 0. The fourth-order valence-corrected chi connectivity index (χ4v) is 7.21. The molecule has 1 unspecified atom stereocenters. The molecule has 0 aromatic rings. The first-order valence-electron chi connectivity index (χ1n) is 26.6. The quantitative estimate of drug-likeness (QED) is 0.0262. The molecule has 0 aliphatic heterocycles. The molecular formula is C58H98O6. The SMILES string of the molecule is CC/C=C\C/C=C\C/C=C\C/C=C\CCCCCCCCCCC(=O)OCC(COC(=O)CCCCCCCCCC)OC(=O)CCCCCCCCC/C=C\C/C=C\C/C=C\CC. The van der Waals surface area contributed by atoms with E-state index in [1.807, 2.05) is 0 Å². The standard InChI is InChI=1S/C58H98O6/c1-4-7-10-13-16-19-21-23-25-27-28-29-30-32-33-35-37-39-42-45-48-51-57(60)63-54-55(53-62-56(59)50-47-44-41-18-15-12-9-6-3)64-58(61)52-49-46-43-40-38-36-34-31-26-24-22-20-17-14-11-8-5-2/h7-8,10-11,16-17,19-20,23-26,28-29,55H,4-6,9,12-15,18,21-22,27,30-54H2,1-3H3/b10-7-,11-8-,19-16-,20-17-,25-23-,26-24-,29-28-. The maximum Gasteiger partial charge on any atom is 0.306 e. The molecule has 6 nitrogen and oxygen atoms in total. The number of carbonyl (C=O) groups is 3. The summed E-state index contributed by atoms with van der Waals surface area (Å²) in [6.45, 7) is 6.37. The fraction of sp³-hybridized carbons (Fsp3) is 0.707. The van der Waals surface area contributed by atoms with Crippen LogP contribution in [0.25, 0.3) is 0 Å². The summed E-state index contributed by atoms with van der Waals surface area (Å²) >= 11 is 0. The van der Waals surface area contributed by atoms with Crippen LogP contribution in [0.2, 0.25) is 0 Å². The van der Waals surface area contributed by atoms with Crippen LogP contribution in [0.1, 0.15) is 245 Å². The van der Waals surface area contributed by atoms with E-state index in [2.05, 4.69) is 106 Å². The van der Waals surface area contributed by atoms with Crippen LogP contribution < -0.4 is 0 Å². The van der Waals surface area contributed by atoms with E-state index in [1.54, 1.807) is 0 Å². The molecule has 0 saturated carbocycles. The molecule has 0 aliphatic carbocycles. The molecule has 0 spiro atoms. The highest BCUT2D eigenvalue weighted by molar-refractivity contribution is 5.71. The predicted octanol–water partition coefficient (Wildman–Crippen LogP) is 17.6. The van der Waals surface area contributed by atoms with Gasteiger partial charge in [0, 0.05) is 19.3 Å². The Morgan fingerprint density at radius 1 is 0.328 bits per heavy atom. The topological polar surface area (TPSA) is 78.9 Å². The third-order valence-electron chi connectivity index (χ3n) is 11.1.